The van der Waals surface area contributed by atoms with Gasteiger partial charge in [0.15, 0.2) is 18.3 Å². The molecule has 1 aliphatic rings. The Kier molecular flexibility index (Phi) is 2.17. The molecule has 0 bridgehead atoms. The molecular formula is C22H21N2O+. The Morgan fingerprint density at radius 1 is 1.24 bits per heavy atom. The van der Waals surface area contributed by atoms with E-state index in [0.717, 1.165) is 38.9 Å². The highest BCUT2D eigenvalue weighted by Gasteiger charge is 2.31. The number of pyridine rings is 2. The Morgan fingerprint density at radius 2 is 2.08 bits per heavy atom. The Balaban J connectivity index is 1.84. The van der Waals surface area contributed by atoms with Crippen LogP contribution in [-0.2, 0) is 6.54 Å². The monoisotopic (exact) mass is 333 g/mol. The molecule has 4 aromatic rings. The average Bonchev–Trinajstić information content (AvgIpc) is 3.15. The largest absolute Gasteiger partial charge is 0.437 e. The summed E-state index contributed by atoms with van der Waals surface area (Å²) in [5.74, 6) is -1.04. The summed E-state index contributed by atoms with van der Waals surface area (Å²) in [4.78, 5) is 4.52. The van der Waals surface area contributed by atoms with Gasteiger partial charge >= 0.3 is 0 Å². The third kappa shape index (κ3) is 1.98. The van der Waals surface area contributed by atoms with E-state index in [9.17, 15) is 0 Å². The molecule has 0 unspecified atom stereocenters. The highest BCUT2D eigenvalue weighted by atomic mass is 16.3. The fourth-order valence-corrected chi connectivity index (χ4v) is 3.80. The van der Waals surface area contributed by atoms with Crippen LogP contribution in [0, 0.1) is 13.8 Å². The fraction of sp³-hybridized carbons (Fsp3) is 0.273. The topological polar surface area (TPSA) is 29.9 Å². The normalized spacial score (nSPS) is 16.3. The van der Waals surface area contributed by atoms with Gasteiger partial charge < -0.3 is 4.42 Å². The number of nitrogens with zero attached hydrogens (tertiary/aromatic N) is 2. The maximum absolute atomic E-state index is 8.52. The van der Waals surface area contributed by atoms with Crippen molar-refractivity contribution in [3.8, 4) is 11.3 Å². The van der Waals surface area contributed by atoms with Gasteiger partial charge in [-0.2, -0.15) is 4.57 Å². The van der Waals surface area contributed by atoms with Gasteiger partial charge in [0, 0.05) is 39.1 Å². The molecule has 0 spiro atoms. The summed E-state index contributed by atoms with van der Waals surface area (Å²) >= 11 is 0. The highest BCUT2D eigenvalue weighted by molar-refractivity contribution is 6.09. The fourth-order valence-electron chi connectivity index (χ4n) is 3.80. The zero-order valence-corrected chi connectivity index (χ0v) is 14.5. The molecule has 3 aromatic heterocycles. The molecule has 5 rings (SSSR count). The number of hydrogen-bond donors (Lipinski definition) is 0. The van der Waals surface area contributed by atoms with Crippen LogP contribution in [0.4, 0.5) is 0 Å². The lowest BCUT2D eigenvalue weighted by atomic mass is 9.96. The van der Waals surface area contributed by atoms with E-state index in [1.165, 1.54) is 0 Å². The molecule has 1 aliphatic heterocycles. The molecule has 3 heteroatoms. The van der Waals surface area contributed by atoms with E-state index in [1.807, 2.05) is 35.8 Å². The van der Waals surface area contributed by atoms with Crippen molar-refractivity contribution in [3.05, 3.63) is 58.9 Å². The first-order valence-corrected chi connectivity index (χ1v) is 8.44. The SMILES string of the molecule is [2H]C([2H])([2H])c1c[n+]2c(cc1C([2H])(C)C)-c1c(ccc3c1oc1nc(C)ccc13)C2. The molecule has 0 fully saturated rings. The van der Waals surface area contributed by atoms with Crippen molar-refractivity contribution >= 4 is 22.1 Å². The van der Waals surface area contributed by atoms with Crippen molar-refractivity contribution in [1.29, 1.82) is 0 Å². The van der Waals surface area contributed by atoms with E-state index < -0.39 is 12.7 Å². The van der Waals surface area contributed by atoms with E-state index in [-0.39, 0.29) is 5.56 Å². The molecule has 4 heterocycles. The van der Waals surface area contributed by atoms with Crippen molar-refractivity contribution < 1.29 is 14.5 Å². The van der Waals surface area contributed by atoms with Gasteiger partial charge in [-0.1, -0.05) is 19.9 Å². The number of furan rings is 1. The van der Waals surface area contributed by atoms with Crippen molar-refractivity contribution in [3.63, 3.8) is 0 Å². The van der Waals surface area contributed by atoms with E-state index in [2.05, 4.69) is 11.1 Å². The average molecular weight is 333 g/mol. The number of hydrogen-bond acceptors (Lipinski definition) is 2. The minimum absolute atomic E-state index is 0.229. The molecule has 0 aliphatic carbocycles. The van der Waals surface area contributed by atoms with Crippen molar-refractivity contribution in [2.75, 3.05) is 0 Å². The Bertz CT molecular complexity index is 1310. The molecule has 0 saturated carbocycles. The number of aromatic nitrogens is 2. The lowest BCUT2D eigenvalue weighted by molar-refractivity contribution is -0.672. The summed E-state index contributed by atoms with van der Waals surface area (Å²) in [6, 6.07) is 9.96. The quantitative estimate of drug-likeness (QED) is 0.402. The maximum atomic E-state index is 8.52. The molecule has 0 saturated heterocycles. The van der Waals surface area contributed by atoms with Gasteiger partial charge in [0.05, 0.1) is 5.56 Å². The van der Waals surface area contributed by atoms with Gasteiger partial charge in [-0.15, -0.1) is 0 Å². The van der Waals surface area contributed by atoms with Crippen molar-refractivity contribution in [1.82, 2.24) is 4.98 Å². The van der Waals surface area contributed by atoms with Gasteiger partial charge in [0.2, 0.25) is 11.4 Å². The first-order chi connectivity index (χ1) is 13.5. The Labute approximate surface area is 152 Å². The van der Waals surface area contributed by atoms with Crippen LogP contribution in [0.5, 0.6) is 0 Å². The van der Waals surface area contributed by atoms with Gasteiger partial charge in [0.1, 0.15) is 0 Å². The molecule has 3 nitrogen and oxygen atoms in total. The van der Waals surface area contributed by atoms with Gasteiger partial charge in [0.25, 0.3) is 0 Å². The highest BCUT2D eigenvalue weighted by Crippen LogP contribution is 2.39. The number of benzene rings is 1. The zero-order valence-electron chi connectivity index (χ0n) is 18.5. The summed E-state index contributed by atoms with van der Waals surface area (Å²) in [6.45, 7) is 3.67. The Morgan fingerprint density at radius 3 is 2.88 bits per heavy atom. The van der Waals surface area contributed by atoms with E-state index in [4.69, 9.17) is 9.90 Å². The van der Waals surface area contributed by atoms with Crippen LogP contribution in [-0.4, -0.2) is 4.98 Å². The summed E-state index contributed by atoms with van der Waals surface area (Å²) < 4.78 is 40.5. The summed E-state index contributed by atoms with van der Waals surface area (Å²) in [6.07, 6.45) is 1.69. The lowest BCUT2D eigenvalue weighted by Crippen LogP contribution is -2.32. The van der Waals surface area contributed by atoms with Crippen LogP contribution in [0.15, 0.2) is 40.9 Å². The minimum atomic E-state index is -2.28. The van der Waals surface area contributed by atoms with Crippen molar-refractivity contribution in [2.24, 2.45) is 0 Å². The van der Waals surface area contributed by atoms with Crippen LogP contribution < -0.4 is 4.57 Å². The van der Waals surface area contributed by atoms with Gasteiger partial charge in [-0.3, -0.25) is 0 Å². The first-order valence-electron chi connectivity index (χ1n) is 10.4. The standard InChI is InChI=1S/C22H21N2O/c1-12(2)18-9-19-20-15(11-24(19)10-13(18)3)6-8-16-17-7-5-14(4)23-22(17)25-21(16)20/h5-10,12H,11H2,1-4H3/q+1/i3D3,12D. The zero-order chi connectivity index (χ0) is 20.7. The predicted octanol–water partition coefficient (Wildman–Crippen LogP) is 5.04. The second-order valence-electron chi connectivity index (χ2n) is 7.00. The molecular weight excluding hydrogens is 308 g/mol. The minimum Gasteiger partial charge on any atom is -0.437 e. The van der Waals surface area contributed by atoms with Crippen LogP contribution in [0.1, 0.15) is 47.6 Å². The van der Waals surface area contributed by atoms with Crippen LogP contribution in [0.2, 0.25) is 0 Å². The molecule has 0 N–H and O–H groups in total. The smallest absolute Gasteiger partial charge is 0.227 e. The van der Waals surface area contributed by atoms with Crippen LogP contribution in [0.25, 0.3) is 33.3 Å². The maximum Gasteiger partial charge on any atom is 0.227 e. The van der Waals surface area contributed by atoms with Crippen LogP contribution >= 0.6 is 0 Å². The molecule has 1 aromatic carbocycles. The van der Waals surface area contributed by atoms with E-state index >= 15 is 0 Å². The van der Waals surface area contributed by atoms with Crippen LogP contribution in [0.3, 0.4) is 0 Å². The Hall–Kier alpha value is -2.68. The molecule has 0 atom stereocenters. The molecule has 0 amide bonds. The van der Waals surface area contributed by atoms with Crippen molar-refractivity contribution in [2.45, 2.75) is 40.1 Å². The predicted molar refractivity (Wildman–Crippen MR) is 99.8 cm³/mol. The first kappa shape index (κ1) is 11.0. The molecule has 0 radical (unpaired) electrons. The van der Waals surface area contributed by atoms with E-state index in [1.54, 1.807) is 20.0 Å². The number of aryl methyl sites for hydroxylation is 2. The van der Waals surface area contributed by atoms with E-state index in [0.29, 0.717) is 17.8 Å². The molecule has 124 valence electrons. The summed E-state index contributed by atoms with van der Waals surface area (Å²) in [5, 5.41) is 1.96. The lowest BCUT2D eigenvalue weighted by Gasteiger charge is -2.08. The third-order valence-electron chi connectivity index (χ3n) is 5.03. The third-order valence-corrected chi connectivity index (χ3v) is 5.03. The summed E-state index contributed by atoms with van der Waals surface area (Å²) in [7, 11) is 0. The number of fused-ring (bicyclic) bond motifs is 7. The summed E-state index contributed by atoms with van der Waals surface area (Å²) in [5.41, 5.74) is 5.91. The van der Waals surface area contributed by atoms with Gasteiger partial charge in [-0.05, 0) is 43.4 Å². The second-order valence-corrected chi connectivity index (χ2v) is 7.00. The number of rotatable bonds is 1. The molecule has 25 heavy (non-hydrogen) atoms. The van der Waals surface area contributed by atoms with Gasteiger partial charge in [-0.25, -0.2) is 4.98 Å². The second kappa shape index (κ2) is 4.92.